The molecule has 3 aromatic rings. The molecule has 7 heteroatoms. The highest BCUT2D eigenvalue weighted by Gasteiger charge is 2.25. The number of nitrogens with zero attached hydrogens (tertiary/aromatic N) is 4. The predicted octanol–water partition coefficient (Wildman–Crippen LogP) is 1.79. The largest absolute Gasteiger partial charge is 0.342 e. The minimum atomic E-state index is -0.0322. The summed E-state index contributed by atoms with van der Waals surface area (Å²) in [4.78, 5) is 40.3. The van der Waals surface area contributed by atoms with E-state index in [1.54, 1.807) is 29.4 Å². The minimum absolute atomic E-state index is 0.0322. The average molecular weight is 363 g/mol. The number of hydrogen-bond donors (Lipinski definition) is 1. The van der Waals surface area contributed by atoms with Crippen LogP contribution in [0.2, 0.25) is 0 Å². The molecule has 0 bridgehead atoms. The highest BCUT2D eigenvalue weighted by Crippen LogP contribution is 2.15. The van der Waals surface area contributed by atoms with Gasteiger partial charge in [-0.25, -0.2) is 4.98 Å². The molecule has 1 saturated heterocycles. The van der Waals surface area contributed by atoms with Crippen LogP contribution in [0.25, 0.3) is 11.0 Å². The van der Waals surface area contributed by atoms with E-state index in [9.17, 15) is 9.59 Å². The van der Waals surface area contributed by atoms with Crippen molar-refractivity contribution >= 4 is 22.8 Å². The van der Waals surface area contributed by atoms with E-state index in [0.717, 1.165) is 22.4 Å². The summed E-state index contributed by atoms with van der Waals surface area (Å²) in [5, 5.41) is 0. The van der Waals surface area contributed by atoms with Gasteiger partial charge < -0.3 is 14.8 Å². The summed E-state index contributed by atoms with van der Waals surface area (Å²) in [6.07, 6.45) is 3.58. The van der Waals surface area contributed by atoms with Gasteiger partial charge in [-0.3, -0.25) is 14.6 Å². The smallest absolute Gasteiger partial charge is 0.255 e. The van der Waals surface area contributed by atoms with Crippen molar-refractivity contribution in [3.05, 3.63) is 59.7 Å². The van der Waals surface area contributed by atoms with Crippen molar-refractivity contribution < 1.29 is 9.59 Å². The van der Waals surface area contributed by atoms with Crippen LogP contribution in [0, 0.1) is 6.92 Å². The summed E-state index contributed by atoms with van der Waals surface area (Å²) in [6, 6.07) is 9.38. The number of carbonyl (C=O) groups is 2. The van der Waals surface area contributed by atoms with Crippen molar-refractivity contribution in [2.75, 3.05) is 26.2 Å². The third kappa shape index (κ3) is 3.67. The van der Waals surface area contributed by atoms with Crippen LogP contribution >= 0.6 is 0 Å². The van der Waals surface area contributed by atoms with Gasteiger partial charge in [0.25, 0.3) is 5.91 Å². The molecule has 1 fully saturated rings. The number of imidazole rings is 1. The SMILES string of the molecule is Cc1nc2ccc(CC(=O)N3CCN(C(=O)c4cccnc4)CC3)cc2[nH]1. The fourth-order valence-corrected chi connectivity index (χ4v) is 3.41. The first-order valence-corrected chi connectivity index (χ1v) is 9.02. The molecule has 0 aliphatic carbocycles. The molecular weight excluding hydrogens is 342 g/mol. The van der Waals surface area contributed by atoms with Crippen molar-refractivity contribution in [3.63, 3.8) is 0 Å². The Morgan fingerprint density at radius 1 is 1.11 bits per heavy atom. The Morgan fingerprint density at radius 2 is 1.89 bits per heavy atom. The van der Waals surface area contributed by atoms with Gasteiger partial charge in [-0.15, -0.1) is 0 Å². The van der Waals surface area contributed by atoms with E-state index in [0.29, 0.717) is 38.2 Å². The second kappa shape index (κ2) is 7.19. The summed E-state index contributed by atoms with van der Waals surface area (Å²) in [5.74, 6) is 0.914. The van der Waals surface area contributed by atoms with E-state index in [4.69, 9.17) is 0 Å². The monoisotopic (exact) mass is 363 g/mol. The Balaban J connectivity index is 1.36. The topological polar surface area (TPSA) is 82.2 Å². The van der Waals surface area contributed by atoms with Gasteiger partial charge in [-0.2, -0.15) is 0 Å². The summed E-state index contributed by atoms with van der Waals surface area (Å²) < 4.78 is 0. The van der Waals surface area contributed by atoms with Crippen LogP contribution in [-0.4, -0.2) is 62.7 Å². The predicted molar refractivity (Wildman–Crippen MR) is 101 cm³/mol. The zero-order chi connectivity index (χ0) is 18.8. The third-order valence-corrected chi connectivity index (χ3v) is 4.85. The maximum atomic E-state index is 12.6. The lowest BCUT2D eigenvalue weighted by molar-refractivity contribution is -0.131. The molecule has 1 aromatic carbocycles. The number of aryl methyl sites for hydroxylation is 1. The normalized spacial score (nSPS) is 14.6. The van der Waals surface area contributed by atoms with E-state index < -0.39 is 0 Å². The van der Waals surface area contributed by atoms with E-state index in [1.807, 2.05) is 30.0 Å². The van der Waals surface area contributed by atoms with Crippen LogP contribution in [0.1, 0.15) is 21.7 Å². The van der Waals surface area contributed by atoms with Gasteiger partial charge in [-0.1, -0.05) is 6.07 Å². The molecule has 27 heavy (non-hydrogen) atoms. The number of H-pyrrole nitrogens is 1. The Kier molecular flexibility index (Phi) is 4.58. The van der Waals surface area contributed by atoms with Crippen molar-refractivity contribution in [1.82, 2.24) is 24.8 Å². The standard InChI is InChI=1S/C20H21N5O2/c1-14-22-17-5-4-15(11-18(17)23-14)12-19(26)24-7-9-25(10-8-24)20(27)16-3-2-6-21-13-16/h2-6,11,13H,7-10,12H2,1H3,(H,22,23). The van der Waals surface area contributed by atoms with E-state index in [2.05, 4.69) is 15.0 Å². The fourth-order valence-electron chi connectivity index (χ4n) is 3.41. The fraction of sp³-hybridized carbons (Fsp3) is 0.300. The van der Waals surface area contributed by atoms with E-state index in [1.165, 1.54) is 0 Å². The number of aromatic nitrogens is 3. The average Bonchev–Trinajstić information content (AvgIpc) is 3.07. The first-order valence-electron chi connectivity index (χ1n) is 9.02. The number of piperazine rings is 1. The number of hydrogen-bond acceptors (Lipinski definition) is 4. The molecule has 0 saturated carbocycles. The highest BCUT2D eigenvalue weighted by molar-refractivity contribution is 5.94. The summed E-state index contributed by atoms with van der Waals surface area (Å²) in [5.41, 5.74) is 3.40. The van der Waals surface area contributed by atoms with Crippen molar-refractivity contribution in [3.8, 4) is 0 Å². The first kappa shape index (κ1) is 17.2. The van der Waals surface area contributed by atoms with Gasteiger partial charge in [0.2, 0.25) is 5.91 Å². The van der Waals surface area contributed by atoms with Crippen molar-refractivity contribution in [2.45, 2.75) is 13.3 Å². The van der Waals surface area contributed by atoms with Crippen molar-refractivity contribution in [2.24, 2.45) is 0 Å². The van der Waals surface area contributed by atoms with E-state index >= 15 is 0 Å². The Bertz CT molecular complexity index is 974. The number of fused-ring (bicyclic) bond motifs is 1. The molecule has 4 rings (SSSR count). The van der Waals surface area contributed by atoms with Crippen LogP contribution in [0.3, 0.4) is 0 Å². The number of pyridine rings is 1. The summed E-state index contributed by atoms with van der Waals surface area (Å²) >= 11 is 0. The van der Waals surface area contributed by atoms with Gasteiger partial charge in [-0.05, 0) is 36.8 Å². The molecular formula is C20H21N5O2. The molecule has 1 N–H and O–H groups in total. The lowest BCUT2D eigenvalue weighted by atomic mass is 10.1. The van der Waals surface area contributed by atoms with Crippen LogP contribution in [0.15, 0.2) is 42.7 Å². The number of nitrogens with one attached hydrogen (secondary N) is 1. The zero-order valence-electron chi connectivity index (χ0n) is 15.2. The third-order valence-electron chi connectivity index (χ3n) is 4.85. The maximum Gasteiger partial charge on any atom is 0.255 e. The molecule has 3 heterocycles. The maximum absolute atomic E-state index is 12.6. The van der Waals surface area contributed by atoms with Gasteiger partial charge in [0.1, 0.15) is 5.82 Å². The summed E-state index contributed by atoms with van der Waals surface area (Å²) in [7, 11) is 0. The van der Waals surface area contributed by atoms with Crippen molar-refractivity contribution in [1.29, 1.82) is 0 Å². The lowest BCUT2D eigenvalue weighted by Gasteiger charge is -2.34. The van der Waals surface area contributed by atoms with Crippen LogP contribution in [0.4, 0.5) is 0 Å². The van der Waals surface area contributed by atoms with Gasteiger partial charge in [0.15, 0.2) is 0 Å². The molecule has 1 aliphatic heterocycles. The molecule has 138 valence electrons. The van der Waals surface area contributed by atoms with Gasteiger partial charge in [0, 0.05) is 38.6 Å². The molecule has 0 spiro atoms. The second-order valence-electron chi connectivity index (χ2n) is 6.77. The number of carbonyl (C=O) groups excluding carboxylic acids is 2. The number of aromatic amines is 1. The lowest BCUT2D eigenvalue weighted by Crippen LogP contribution is -2.51. The second-order valence-corrected chi connectivity index (χ2v) is 6.77. The van der Waals surface area contributed by atoms with Gasteiger partial charge in [0.05, 0.1) is 23.0 Å². The Labute approximate surface area is 157 Å². The molecule has 1 aliphatic rings. The Morgan fingerprint density at radius 3 is 2.63 bits per heavy atom. The highest BCUT2D eigenvalue weighted by atomic mass is 16.2. The van der Waals surface area contributed by atoms with Crippen LogP contribution in [0.5, 0.6) is 0 Å². The molecule has 7 nitrogen and oxygen atoms in total. The molecule has 0 atom stereocenters. The molecule has 0 radical (unpaired) electrons. The molecule has 2 aromatic heterocycles. The Hall–Kier alpha value is -3.22. The van der Waals surface area contributed by atoms with E-state index in [-0.39, 0.29) is 11.8 Å². The number of amides is 2. The zero-order valence-corrected chi connectivity index (χ0v) is 15.2. The van der Waals surface area contributed by atoms with Gasteiger partial charge >= 0.3 is 0 Å². The number of rotatable bonds is 3. The van der Waals surface area contributed by atoms with Crippen LogP contribution in [-0.2, 0) is 11.2 Å². The summed E-state index contributed by atoms with van der Waals surface area (Å²) in [6.45, 7) is 4.10. The quantitative estimate of drug-likeness (QED) is 0.769. The molecule has 2 amide bonds. The molecule has 0 unspecified atom stereocenters. The first-order chi connectivity index (χ1) is 13.1. The number of benzene rings is 1. The minimum Gasteiger partial charge on any atom is -0.342 e. The van der Waals surface area contributed by atoms with Crippen LogP contribution < -0.4 is 0 Å².